The highest BCUT2D eigenvalue weighted by Crippen LogP contribution is 2.26. The molecular formula is C21H24N2O2. The third kappa shape index (κ3) is 4.08. The average molecular weight is 336 g/mol. The summed E-state index contributed by atoms with van der Waals surface area (Å²) < 4.78 is 0. The van der Waals surface area contributed by atoms with E-state index in [2.05, 4.69) is 24.4 Å². The van der Waals surface area contributed by atoms with Gasteiger partial charge in [-0.2, -0.15) is 0 Å². The zero-order valence-corrected chi connectivity index (χ0v) is 14.7. The van der Waals surface area contributed by atoms with Gasteiger partial charge in [0.1, 0.15) is 0 Å². The van der Waals surface area contributed by atoms with Gasteiger partial charge in [0.05, 0.1) is 5.92 Å². The summed E-state index contributed by atoms with van der Waals surface area (Å²) in [6.07, 6.45) is 0.277. The molecule has 1 N–H and O–H groups in total. The predicted molar refractivity (Wildman–Crippen MR) is 99.5 cm³/mol. The van der Waals surface area contributed by atoms with Crippen molar-refractivity contribution in [3.8, 4) is 0 Å². The molecule has 130 valence electrons. The summed E-state index contributed by atoms with van der Waals surface area (Å²) in [5.74, 6) is -0.0562. The summed E-state index contributed by atoms with van der Waals surface area (Å²) in [6, 6.07) is 18.0. The van der Waals surface area contributed by atoms with Gasteiger partial charge in [-0.3, -0.25) is 9.59 Å². The molecule has 1 aliphatic rings. The van der Waals surface area contributed by atoms with Gasteiger partial charge in [-0.25, -0.2) is 0 Å². The Morgan fingerprint density at radius 1 is 1.20 bits per heavy atom. The van der Waals surface area contributed by atoms with Crippen molar-refractivity contribution < 1.29 is 9.59 Å². The third-order valence-corrected chi connectivity index (χ3v) is 4.76. The molecule has 2 atom stereocenters. The highest BCUT2D eigenvalue weighted by Gasteiger charge is 2.35. The molecule has 1 heterocycles. The smallest absolute Gasteiger partial charge is 0.227 e. The minimum atomic E-state index is -0.281. The van der Waals surface area contributed by atoms with Crippen molar-refractivity contribution in [1.29, 1.82) is 0 Å². The van der Waals surface area contributed by atoms with Crippen LogP contribution in [0.3, 0.4) is 0 Å². The highest BCUT2D eigenvalue weighted by molar-refractivity contribution is 6.00. The molecule has 25 heavy (non-hydrogen) atoms. The van der Waals surface area contributed by atoms with E-state index in [1.807, 2.05) is 49.4 Å². The van der Waals surface area contributed by atoms with E-state index in [1.165, 1.54) is 5.56 Å². The minimum absolute atomic E-state index is 0.0156. The maximum Gasteiger partial charge on any atom is 0.227 e. The van der Waals surface area contributed by atoms with Crippen molar-refractivity contribution >= 4 is 17.5 Å². The van der Waals surface area contributed by atoms with Crippen LogP contribution < -0.4 is 10.2 Å². The lowest BCUT2D eigenvalue weighted by molar-refractivity contribution is -0.126. The number of anilines is 1. The van der Waals surface area contributed by atoms with E-state index in [0.29, 0.717) is 13.1 Å². The van der Waals surface area contributed by atoms with Gasteiger partial charge in [-0.15, -0.1) is 0 Å². The van der Waals surface area contributed by atoms with Crippen LogP contribution in [0.25, 0.3) is 0 Å². The van der Waals surface area contributed by atoms with Gasteiger partial charge >= 0.3 is 0 Å². The Labute approximate surface area is 148 Å². The van der Waals surface area contributed by atoms with Crippen LogP contribution in [-0.4, -0.2) is 24.9 Å². The van der Waals surface area contributed by atoms with Crippen LogP contribution in [0.4, 0.5) is 5.69 Å². The first-order valence-electron chi connectivity index (χ1n) is 8.74. The van der Waals surface area contributed by atoms with E-state index in [9.17, 15) is 9.59 Å². The van der Waals surface area contributed by atoms with Gasteiger partial charge < -0.3 is 10.2 Å². The summed E-state index contributed by atoms with van der Waals surface area (Å²) in [5, 5.41) is 3.01. The van der Waals surface area contributed by atoms with E-state index >= 15 is 0 Å². The first kappa shape index (κ1) is 17.2. The van der Waals surface area contributed by atoms with Gasteiger partial charge in [-0.1, -0.05) is 49.4 Å². The van der Waals surface area contributed by atoms with Crippen molar-refractivity contribution in [2.24, 2.45) is 5.92 Å². The monoisotopic (exact) mass is 336 g/mol. The van der Waals surface area contributed by atoms with Crippen molar-refractivity contribution in [3.05, 3.63) is 65.7 Å². The zero-order valence-electron chi connectivity index (χ0n) is 14.7. The Bertz CT molecular complexity index is 758. The minimum Gasteiger partial charge on any atom is -0.355 e. The molecule has 0 bridgehead atoms. The summed E-state index contributed by atoms with van der Waals surface area (Å²) >= 11 is 0. The van der Waals surface area contributed by atoms with Gasteiger partial charge in [-0.05, 0) is 36.1 Å². The largest absolute Gasteiger partial charge is 0.355 e. The van der Waals surface area contributed by atoms with E-state index in [0.717, 1.165) is 11.3 Å². The maximum atomic E-state index is 12.5. The third-order valence-electron chi connectivity index (χ3n) is 4.76. The number of nitrogens with one attached hydrogen (secondary N) is 1. The number of carbonyl (C=O) groups excluding carboxylic acids is 2. The lowest BCUT2D eigenvalue weighted by Gasteiger charge is -2.18. The predicted octanol–water partition coefficient (Wildman–Crippen LogP) is 3.27. The number of nitrogens with zero attached hydrogens (tertiary/aromatic N) is 1. The fourth-order valence-corrected chi connectivity index (χ4v) is 3.23. The first-order chi connectivity index (χ1) is 12.0. The SMILES string of the molecule is Cc1cccc(N2C[C@@H](C(=O)NC[C@@H](C)c3ccccc3)CC2=O)c1. The van der Waals surface area contributed by atoms with Crippen LogP contribution in [0.2, 0.25) is 0 Å². The Balaban J connectivity index is 1.57. The maximum absolute atomic E-state index is 12.5. The van der Waals surface area contributed by atoms with Gasteiger partial charge in [0.2, 0.25) is 11.8 Å². The average Bonchev–Trinajstić information content (AvgIpc) is 3.02. The normalized spacial score (nSPS) is 18.2. The number of carbonyl (C=O) groups is 2. The fourth-order valence-electron chi connectivity index (χ4n) is 3.23. The molecule has 2 aromatic rings. The number of benzene rings is 2. The van der Waals surface area contributed by atoms with E-state index < -0.39 is 0 Å². The molecule has 1 fully saturated rings. The molecule has 0 radical (unpaired) electrons. The second-order valence-corrected chi connectivity index (χ2v) is 6.80. The molecule has 4 nitrogen and oxygen atoms in total. The molecular weight excluding hydrogens is 312 g/mol. The lowest BCUT2D eigenvalue weighted by atomic mass is 10.0. The summed E-state index contributed by atoms with van der Waals surface area (Å²) in [5.41, 5.74) is 3.18. The first-order valence-corrected chi connectivity index (χ1v) is 8.74. The zero-order chi connectivity index (χ0) is 17.8. The molecule has 4 heteroatoms. The van der Waals surface area contributed by atoms with Crippen LogP contribution in [-0.2, 0) is 9.59 Å². The number of hydrogen-bond donors (Lipinski definition) is 1. The molecule has 2 amide bonds. The Hall–Kier alpha value is -2.62. The van der Waals surface area contributed by atoms with Gasteiger partial charge in [0.25, 0.3) is 0 Å². The Morgan fingerprint density at radius 2 is 1.96 bits per heavy atom. The second kappa shape index (κ2) is 7.51. The molecule has 0 aliphatic carbocycles. The van der Waals surface area contributed by atoms with Crippen molar-refractivity contribution in [1.82, 2.24) is 5.32 Å². The molecule has 0 unspecified atom stereocenters. The summed E-state index contributed by atoms with van der Waals surface area (Å²) in [4.78, 5) is 26.5. The second-order valence-electron chi connectivity index (χ2n) is 6.80. The van der Waals surface area contributed by atoms with E-state index in [4.69, 9.17) is 0 Å². The van der Waals surface area contributed by atoms with Gasteiger partial charge in [0, 0.05) is 25.2 Å². The van der Waals surface area contributed by atoms with Gasteiger partial charge in [0.15, 0.2) is 0 Å². The quantitative estimate of drug-likeness (QED) is 0.911. The number of hydrogen-bond acceptors (Lipinski definition) is 2. The van der Waals surface area contributed by atoms with Crippen molar-refractivity contribution in [2.75, 3.05) is 18.0 Å². The van der Waals surface area contributed by atoms with E-state index in [-0.39, 0.29) is 30.1 Å². The number of rotatable bonds is 5. The Kier molecular flexibility index (Phi) is 5.17. The molecule has 1 saturated heterocycles. The lowest BCUT2D eigenvalue weighted by Crippen LogP contribution is -2.35. The van der Waals surface area contributed by atoms with Crippen molar-refractivity contribution in [2.45, 2.75) is 26.2 Å². The molecule has 0 spiro atoms. The molecule has 3 rings (SSSR count). The number of aryl methyl sites for hydroxylation is 1. The highest BCUT2D eigenvalue weighted by atomic mass is 16.2. The molecule has 1 aliphatic heterocycles. The van der Waals surface area contributed by atoms with Crippen LogP contribution >= 0.6 is 0 Å². The summed E-state index contributed by atoms with van der Waals surface area (Å²) in [6.45, 7) is 5.12. The van der Waals surface area contributed by atoms with Crippen LogP contribution in [0.15, 0.2) is 54.6 Å². The van der Waals surface area contributed by atoms with Crippen LogP contribution in [0, 0.1) is 12.8 Å². The molecule has 0 aromatic heterocycles. The van der Waals surface area contributed by atoms with Crippen LogP contribution in [0.1, 0.15) is 30.4 Å². The fraction of sp³-hybridized carbons (Fsp3) is 0.333. The molecule has 2 aromatic carbocycles. The topological polar surface area (TPSA) is 49.4 Å². The number of amides is 2. The molecule has 0 saturated carbocycles. The Morgan fingerprint density at radius 3 is 2.68 bits per heavy atom. The van der Waals surface area contributed by atoms with Crippen molar-refractivity contribution in [3.63, 3.8) is 0 Å². The van der Waals surface area contributed by atoms with Crippen LogP contribution in [0.5, 0.6) is 0 Å². The standard InChI is InChI=1S/C21H24N2O2/c1-15-7-6-10-19(11-15)23-14-18(12-20(23)24)21(25)22-13-16(2)17-8-4-3-5-9-17/h3-11,16,18H,12-14H2,1-2H3,(H,22,25)/t16-,18+/m1/s1. The van der Waals surface area contributed by atoms with E-state index in [1.54, 1.807) is 4.90 Å². The summed E-state index contributed by atoms with van der Waals surface area (Å²) in [7, 11) is 0.